The summed E-state index contributed by atoms with van der Waals surface area (Å²) < 4.78 is 13.2. The fourth-order valence-corrected chi connectivity index (χ4v) is 3.81. The van der Waals surface area contributed by atoms with E-state index in [4.69, 9.17) is 0 Å². The molecular formula is C17H18FNO2S. The van der Waals surface area contributed by atoms with E-state index < -0.39 is 5.97 Å². The van der Waals surface area contributed by atoms with E-state index in [0.29, 0.717) is 6.54 Å². The fraction of sp³-hybridized carbons (Fsp3) is 0.353. The lowest BCUT2D eigenvalue weighted by molar-refractivity contribution is -0.143. The summed E-state index contributed by atoms with van der Waals surface area (Å²) in [5.74, 6) is -1.31. The molecule has 116 valence electrons. The van der Waals surface area contributed by atoms with Crippen LogP contribution in [0.3, 0.4) is 0 Å². The molecule has 1 aliphatic rings. The molecule has 0 amide bonds. The van der Waals surface area contributed by atoms with Crippen LogP contribution in [0.4, 0.5) is 4.39 Å². The van der Waals surface area contributed by atoms with Gasteiger partial charge >= 0.3 is 5.97 Å². The molecule has 2 heterocycles. The number of nitrogens with zero attached hydrogens (tertiary/aromatic N) is 1. The molecular weight excluding hydrogens is 301 g/mol. The maximum Gasteiger partial charge on any atom is 0.307 e. The average molecular weight is 319 g/mol. The number of carboxylic acids is 1. The molecule has 0 saturated carbocycles. The molecule has 5 heteroatoms. The molecule has 0 spiro atoms. The van der Waals surface area contributed by atoms with E-state index in [2.05, 4.69) is 16.3 Å². The molecule has 1 aromatic carbocycles. The van der Waals surface area contributed by atoms with Crippen molar-refractivity contribution in [2.75, 3.05) is 13.1 Å². The molecule has 3 nitrogen and oxygen atoms in total. The van der Waals surface area contributed by atoms with Crippen molar-refractivity contribution < 1.29 is 14.3 Å². The van der Waals surface area contributed by atoms with Crippen LogP contribution >= 0.6 is 11.3 Å². The molecule has 1 N–H and O–H groups in total. The van der Waals surface area contributed by atoms with Gasteiger partial charge in [-0.25, -0.2) is 4.39 Å². The zero-order valence-electron chi connectivity index (χ0n) is 12.1. The van der Waals surface area contributed by atoms with Gasteiger partial charge in [-0.15, -0.1) is 0 Å². The van der Waals surface area contributed by atoms with E-state index >= 15 is 0 Å². The highest BCUT2D eigenvalue weighted by Crippen LogP contribution is 2.33. The molecule has 2 unspecified atom stereocenters. The molecule has 22 heavy (non-hydrogen) atoms. The van der Waals surface area contributed by atoms with Crippen LogP contribution in [0.15, 0.2) is 41.1 Å². The van der Waals surface area contributed by atoms with Gasteiger partial charge in [0.05, 0.1) is 12.0 Å². The van der Waals surface area contributed by atoms with E-state index in [9.17, 15) is 14.3 Å². The second-order valence-electron chi connectivity index (χ2n) is 5.68. The van der Waals surface area contributed by atoms with Gasteiger partial charge in [-0.1, -0.05) is 12.1 Å². The van der Waals surface area contributed by atoms with Gasteiger partial charge in [-0.05, 0) is 59.5 Å². The minimum Gasteiger partial charge on any atom is -0.481 e. The van der Waals surface area contributed by atoms with Crippen LogP contribution in [0.5, 0.6) is 0 Å². The maximum absolute atomic E-state index is 13.2. The quantitative estimate of drug-likeness (QED) is 0.932. The number of halogens is 1. The van der Waals surface area contributed by atoms with Gasteiger partial charge in [0.1, 0.15) is 5.82 Å². The van der Waals surface area contributed by atoms with Crippen LogP contribution in [0.1, 0.15) is 30.0 Å². The Kier molecular flexibility index (Phi) is 4.55. The Morgan fingerprint density at radius 1 is 1.27 bits per heavy atom. The van der Waals surface area contributed by atoms with Crippen molar-refractivity contribution in [1.29, 1.82) is 0 Å². The molecule has 3 rings (SSSR count). The average Bonchev–Trinajstić information content (AvgIpc) is 3.04. The Hall–Kier alpha value is -1.72. The summed E-state index contributed by atoms with van der Waals surface area (Å²) in [5.41, 5.74) is 2.15. The lowest BCUT2D eigenvalue weighted by Crippen LogP contribution is -2.41. The molecule has 2 atom stereocenters. The molecule has 1 aliphatic heterocycles. The summed E-state index contributed by atoms with van der Waals surface area (Å²) in [7, 11) is 0. The van der Waals surface area contributed by atoms with Crippen molar-refractivity contribution in [2.45, 2.75) is 18.9 Å². The normalized spacial score (nSPS) is 20.7. The van der Waals surface area contributed by atoms with E-state index in [-0.39, 0.29) is 17.8 Å². The second-order valence-corrected chi connectivity index (χ2v) is 6.46. The number of hydrogen-bond acceptors (Lipinski definition) is 3. The number of aliphatic carboxylic acids is 1. The Morgan fingerprint density at radius 2 is 2.05 bits per heavy atom. The van der Waals surface area contributed by atoms with Crippen molar-refractivity contribution in [2.24, 2.45) is 5.92 Å². The van der Waals surface area contributed by atoms with E-state index in [1.165, 1.54) is 12.1 Å². The molecule has 1 aromatic heterocycles. The SMILES string of the molecule is O=C(O)C1CCCN(C(c2ccc(F)cc2)c2ccsc2)C1. The number of rotatable bonds is 4. The third kappa shape index (κ3) is 3.20. The summed E-state index contributed by atoms with van der Waals surface area (Å²) >= 11 is 1.62. The smallest absolute Gasteiger partial charge is 0.307 e. The minimum absolute atomic E-state index is 0.00556. The van der Waals surface area contributed by atoms with Crippen molar-refractivity contribution in [3.63, 3.8) is 0 Å². The van der Waals surface area contributed by atoms with Crippen LogP contribution in [0.25, 0.3) is 0 Å². The fourth-order valence-electron chi connectivity index (χ4n) is 3.13. The van der Waals surface area contributed by atoms with Gasteiger partial charge in [0, 0.05) is 6.54 Å². The number of hydrogen-bond donors (Lipinski definition) is 1. The first-order chi connectivity index (χ1) is 10.6. The minimum atomic E-state index is -0.729. The van der Waals surface area contributed by atoms with Gasteiger partial charge in [0.15, 0.2) is 0 Å². The third-order valence-corrected chi connectivity index (χ3v) is 4.91. The highest BCUT2D eigenvalue weighted by Gasteiger charge is 2.31. The summed E-state index contributed by atoms with van der Waals surface area (Å²) in [4.78, 5) is 13.5. The van der Waals surface area contributed by atoms with Gasteiger partial charge in [0.2, 0.25) is 0 Å². The van der Waals surface area contributed by atoms with E-state index in [1.54, 1.807) is 23.5 Å². The second kappa shape index (κ2) is 6.58. The number of thiophene rings is 1. The molecule has 0 bridgehead atoms. The zero-order valence-corrected chi connectivity index (χ0v) is 12.9. The first-order valence-corrected chi connectivity index (χ1v) is 8.34. The van der Waals surface area contributed by atoms with Gasteiger partial charge in [0.25, 0.3) is 0 Å². The summed E-state index contributed by atoms with van der Waals surface area (Å²) in [6, 6.07) is 8.57. The molecule has 0 radical (unpaired) electrons. The Labute approximate surface area is 133 Å². The predicted octanol–water partition coefficient (Wildman–Crippen LogP) is 3.77. The predicted molar refractivity (Wildman–Crippen MR) is 84.5 cm³/mol. The monoisotopic (exact) mass is 319 g/mol. The van der Waals surface area contributed by atoms with Crippen LogP contribution in [-0.4, -0.2) is 29.1 Å². The van der Waals surface area contributed by atoms with Gasteiger partial charge in [-0.2, -0.15) is 11.3 Å². The van der Waals surface area contributed by atoms with Crippen molar-refractivity contribution in [3.8, 4) is 0 Å². The Balaban J connectivity index is 1.92. The molecule has 0 aliphatic carbocycles. The van der Waals surface area contributed by atoms with Crippen molar-refractivity contribution in [1.82, 2.24) is 4.90 Å². The molecule has 1 saturated heterocycles. The molecule has 1 fully saturated rings. The number of piperidine rings is 1. The number of carboxylic acid groups (broad SMARTS) is 1. The summed E-state index contributed by atoms with van der Waals surface area (Å²) in [6.45, 7) is 1.40. The van der Waals surface area contributed by atoms with Crippen molar-refractivity contribution in [3.05, 3.63) is 58.0 Å². The summed E-state index contributed by atoms with van der Waals surface area (Å²) in [5, 5.41) is 13.4. The number of likely N-dealkylation sites (tertiary alicyclic amines) is 1. The van der Waals surface area contributed by atoms with Crippen LogP contribution in [-0.2, 0) is 4.79 Å². The van der Waals surface area contributed by atoms with Crippen LogP contribution in [0, 0.1) is 11.7 Å². The third-order valence-electron chi connectivity index (χ3n) is 4.21. The van der Waals surface area contributed by atoms with Gasteiger partial charge < -0.3 is 5.11 Å². The number of carbonyl (C=O) groups is 1. The van der Waals surface area contributed by atoms with Crippen molar-refractivity contribution >= 4 is 17.3 Å². The van der Waals surface area contributed by atoms with E-state index in [1.807, 2.05) is 5.38 Å². The topological polar surface area (TPSA) is 40.5 Å². The standard InChI is InChI=1S/C17H18FNO2S/c18-15-5-3-12(4-6-15)16(14-7-9-22-11-14)19-8-1-2-13(10-19)17(20)21/h3-7,9,11,13,16H,1-2,8,10H2,(H,20,21). The first kappa shape index (κ1) is 15.2. The van der Waals surface area contributed by atoms with Crippen LogP contribution < -0.4 is 0 Å². The molecule has 2 aromatic rings. The maximum atomic E-state index is 13.2. The number of benzene rings is 1. The zero-order chi connectivity index (χ0) is 15.5. The van der Waals surface area contributed by atoms with Crippen LogP contribution in [0.2, 0.25) is 0 Å². The Morgan fingerprint density at radius 3 is 2.68 bits per heavy atom. The highest BCUT2D eigenvalue weighted by atomic mass is 32.1. The highest BCUT2D eigenvalue weighted by molar-refractivity contribution is 7.08. The van der Waals surface area contributed by atoms with Gasteiger partial charge in [-0.3, -0.25) is 9.69 Å². The lowest BCUT2D eigenvalue weighted by atomic mass is 9.92. The lowest BCUT2D eigenvalue weighted by Gasteiger charge is -2.37. The van der Waals surface area contributed by atoms with E-state index in [0.717, 1.165) is 30.5 Å². The Bertz CT molecular complexity index is 627. The largest absolute Gasteiger partial charge is 0.481 e. The summed E-state index contributed by atoms with van der Waals surface area (Å²) in [6.07, 6.45) is 1.60. The first-order valence-electron chi connectivity index (χ1n) is 7.39.